The largest absolute Gasteiger partial charge is 0.509 e. The van der Waals surface area contributed by atoms with Crippen LogP contribution in [-0.2, 0) is 14.3 Å². The lowest BCUT2D eigenvalue weighted by Crippen LogP contribution is -2.71. The highest BCUT2D eigenvalue weighted by Gasteiger charge is 2.60. The summed E-state index contributed by atoms with van der Waals surface area (Å²) in [5, 5.41) is 9.94. The second kappa shape index (κ2) is 8.94. The first-order chi connectivity index (χ1) is 18.0. The molecule has 8 nitrogen and oxygen atoms in total. The summed E-state index contributed by atoms with van der Waals surface area (Å²) >= 11 is 1.18. The average Bonchev–Trinajstić information content (AvgIpc) is 3.18. The van der Waals surface area contributed by atoms with Crippen molar-refractivity contribution in [3.8, 4) is 0 Å². The topological polar surface area (TPSA) is 104 Å². The first kappa shape index (κ1) is 23.1. The van der Waals surface area contributed by atoms with Gasteiger partial charge in [0.2, 0.25) is 0 Å². The van der Waals surface area contributed by atoms with Crippen LogP contribution in [-0.4, -0.2) is 55.8 Å². The lowest BCUT2D eigenvalue weighted by Gasteiger charge is -2.50. The number of rotatable bonds is 5. The number of carbonyl (C=O) groups excluding carboxylic acids is 4. The third-order valence-corrected chi connectivity index (χ3v) is 7.90. The summed E-state index contributed by atoms with van der Waals surface area (Å²) in [4.78, 5) is 54.8. The van der Waals surface area contributed by atoms with Gasteiger partial charge in [-0.3, -0.25) is 24.2 Å². The number of imide groups is 1. The smallest absolute Gasteiger partial charge is 0.359 e. The Morgan fingerprint density at radius 2 is 1.32 bits per heavy atom. The summed E-state index contributed by atoms with van der Waals surface area (Å²) in [6, 6.07) is 23.6. The van der Waals surface area contributed by atoms with Gasteiger partial charge in [-0.25, -0.2) is 4.79 Å². The minimum atomic E-state index is -1.08. The number of hydrogen-bond acceptors (Lipinski definition) is 7. The number of thioether (sulfide) groups is 1. The predicted octanol–water partition coefficient (Wildman–Crippen LogP) is 3.67. The summed E-state index contributed by atoms with van der Waals surface area (Å²) < 4.78 is 5.88. The number of carbonyl (C=O) groups is 4. The van der Waals surface area contributed by atoms with Crippen LogP contribution in [0.25, 0.3) is 0 Å². The molecule has 3 aliphatic heterocycles. The Hall–Kier alpha value is -4.37. The molecule has 3 heterocycles. The third kappa shape index (κ3) is 3.62. The van der Waals surface area contributed by atoms with Gasteiger partial charge in [-0.2, -0.15) is 0 Å². The number of aliphatic hydroxyl groups is 1. The molecule has 1 unspecified atom stereocenters. The van der Waals surface area contributed by atoms with Gasteiger partial charge in [0.15, 0.2) is 11.8 Å². The van der Waals surface area contributed by atoms with Crippen LogP contribution >= 0.6 is 11.8 Å². The van der Waals surface area contributed by atoms with Crippen LogP contribution in [0.2, 0.25) is 0 Å². The fourth-order valence-corrected chi connectivity index (χ4v) is 6.13. The first-order valence-electron chi connectivity index (χ1n) is 11.6. The van der Waals surface area contributed by atoms with E-state index in [0.717, 1.165) is 20.9 Å². The molecule has 1 saturated heterocycles. The van der Waals surface area contributed by atoms with Crippen LogP contribution in [0.3, 0.4) is 0 Å². The number of esters is 1. The van der Waals surface area contributed by atoms with Gasteiger partial charge in [-0.05, 0) is 23.3 Å². The molecule has 1 fully saturated rings. The molecule has 6 rings (SSSR count). The van der Waals surface area contributed by atoms with Crippen LogP contribution in [0, 0.1) is 0 Å². The molecule has 0 aliphatic carbocycles. The molecule has 1 N–H and O–H groups in total. The van der Waals surface area contributed by atoms with E-state index in [1.54, 1.807) is 24.3 Å². The molecule has 3 aromatic rings. The van der Waals surface area contributed by atoms with Gasteiger partial charge >= 0.3 is 5.97 Å². The molecule has 0 saturated carbocycles. The summed E-state index contributed by atoms with van der Waals surface area (Å²) in [7, 11) is 0. The number of benzene rings is 3. The molecule has 0 aromatic heterocycles. The molecule has 0 bridgehead atoms. The van der Waals surface area contributed by atoms with Crippen molar-refractivity contribution in [2.24, 2.45) is 0 Å². The quantitative estimate of drug-likeness (QED) is 0.316. The van der Waals surface area contributed by atoms with Crippen LogP contribution in [0.5, 0.6) is 0 Å². The predicted molar refractivity (Wildman–Crippen MR) is 134 cm³/mol. The van der Waals surface area contributed by atoms with Crippen molar-refractivity contribution in [3.63, 3.8) is 0 Å². The Kier molecular flexibility index (Phi) is 5.57. The Morgan fingerprint density at radius 1 is 0.811 bits per heavy atom. The zero-order valence-electron chi connectivity index (χ0n) is 19.3. The van der Waals surface area contributed by atoms with Gasteiger partial charge in [0, 0.05) is 0 Å². The summed E-state index contributed by atoms with van der Waals surface area (Å²) in [5.41, 5.74) is 1.67. The zero-order chi connectivity index (χ0) is 25.7. The van der Waals surface area contributed by atoms with Gasteiger partial charge in [-0.1, -0.05) is 72.8 Å². The van der Waals surface area contributed by atoms with Gasteiger partial charge in [0.05, 0.1) is 16.9 Å². The maximum atomic E-state index is 13.4. The summed E-state index contributed by atoms with van der Waals surface area (Å²) in [6.07, 6.45) is -0.772. The van der Waals surface area contributed by atoms with Crippen molar-refractivity contribution in [1.29, 1.82) is 0 Å². The highest BCUT2D eigenvalue weighted by Crippen LogP contribution is 2.44. The maximum absolute atomic E-state index is 13.4. The molecule has 0 radical (unpaired) electrons. The van der Waals surface area contributed by atoms with Crippen molar-refractivity contribution in [2.75, 3.05) is 5.75 Å². The van der Waals surface area contributed by atoms with Gasteiger partial charge < -0.3 is 9.84 Å². The zero-order valence-corrected chi connectivity index (χ0v) is 20.1. The Morgan fingerprint density at radius 3 is 1.86 bits per heavy atom. The van der Waals surface area contributed by atoms with Crippen molar-refractivity contribution in [3.05, 3.63) is 119 Å². The van der Waals surface area contributed by atoms with Gasteiger partial charge in [0.1, 0.15) is 17.2 Å². The van der Waals surface area contributed by atoms with E-state index in [2.05, 4.69) is 0 Å². The maximum Gasteiger partial charge on any atom is 0.359 e. The van der Waals surface area contributed by atoms with Crippen LogP contribution in [0.15, 0.2) is 96.4 Å². The van der Waals surface area contributed by atoms with E-state index in [0.29, 0.717) is 0 Å². The number of aliphatic hydroxyl groups excluding tert-OH is 1. The second-order valence-corrected chi connectivity index (χ2v) is 9.89. The molecule has 3 aromatic carbocycles. The molecular formula is C28H20N2O6S. The lowest BCUT2D eigenvalue weighted by molar-refractivity contribution is -0.156. The number of nitrogens with zero attached hydrogens (tertiary/aromatic N) is 2. The van der Waals surface area contributed by atoms with Crippen molar-refractivity contribution >= 4 is 35.5 Å². The SMILES string of the molecule is O=C(OC(c1ccccc1)c1ccccc1)C1=C(O)CS[C@@H]2C(N3C(=O)c4ccccc4C3=O)C(=O)N12. The number of hydrogen-bond donors (Lipinski definition) is 1. The van der Waals surface area contributed by atoms with Crippen LogP contribution in [0.4, 0.5) is 0 Å². The van der Waals surface area contributed by atoms with Gasteiger partial charge in [0.25, 0.3) is 17.7 Å². The van der Waals surface area contributed by atoms with E-state index < -0.39 is 41.2 Å². The molecule has 184 valence electrons. The van der Waals surface area contributed by atoms with Crippen LogP contribution < -0.4 is 0 Å². The monoisotopic (exact) mass is 512 g/mol. The highest BCUT2D eigenvalue weighted by molar-refractivity contribution is 8.00. The molecule has 9 heteroatoms. The molecule has 3 aliphatic rings. The minimum absolute atomic E-state index is 0.0277. The number of amides is 3. The van der Waals surface area contributed by atoms with Gasteiger partial charge in [-0.15, -0.1) is 11.8 Å². The fraction of sp³-hybridized carbons (Fsp3) is 0.143. The normalized spacial score (nSPS) is 20.6. The van der Waals surface area contributed by atoms with Crippen molar-refractivity contribution < 1.29 is 29.0 Å². The summed E-state index contributed by atoms with van der Waals surface area (Å²) in [6.45, 7) is 0. The molecule has 3 amide bonds. The Balaban J connectivity index is 1.28. The standard InChI is InChI=1S/C28H20N2O6S/c31-20-15-37-27-22(29-24(32)18-13-7-8-14-19(18)25(29)33)26(34)30(27)21(20)28(35)36-23(16-9-3-1-4-10-16)17-11-5-2-6-12-17/h1-14,22-23,27,31H,15H2/t22?,27-/m1/s1. The second-order valence-electron chi connectivity index (χ2n) is 8.78. The number of fused-ring (bicyclic) bond motifs is 2. The van der Waals surface area contributed by atoms with Crippen molar-refractivity contribution in [2.45, 2.75) is 17.5 Å². The number of ether oxygens (including phenoxy) is 1. The van der Waals surface area contributed by atoms with Crippen molar-refractivity contribution in [1.82, 2.24) is 9.80 Å². The molecule has 2 atom stereocenters. The van der Waals surface area contributed by atoms with E-state index >= 15 is 0 Å². The highest BCUT2D eigenvalue weighted by atomic mass is 32.2. The number of β-lactam (4-membered cyclic amide) rings is 1. The molecule has 0 spiro atoms. The van der Waals surface area contributed by atoms with E-state index in [-0.39, 0.29) is 28.3 Å². The fourth-order valence-electron chi connectivity index (χ4n) is 4.89. The van der Waals surface area contributed by atoms with E-state index in [9.17, 15) is 24.3 Å². The minimum Gasteiger partial charge on any atom is -0.509 e. The summed E-state index contributed by atoms with van der Waals surface area (Å²) in [5.74, 6) is -2.85. The lowest BCUT2D eigenvalue weighted by atomic mass is 10.0. The van der Waals surface area contributed by atoms with Crippen LogP contribution in [0.1, 0.15) is 37.9 Å². The average molecular weight is 513 g/mol. The Bertz CT molecular complexity index is 1400. The molecular weight excluding hydrogens is 492 g/mol. The molecule has 37 heavy (non-hydrogen) atoms. The van der Waals surface area contributed by atoms with E-state index in [1.807, 2.05) is 60.7 Å². The third-order valence-electron chi connectivity index (χ3n) is 6.65. The first-order valence-corrected chi connectivity index (χ1v) is 12.7. The van der Waals surface area contributed by atoms with E-state index in [1.165, 1.54) is 11.8 Å². The Labute approximate surface area is 216 Å². The van der Waals surface area contributed by atoms with E-state index in [4.69, 9.17) is 4.74 Å².